The Hall–Kier alpha value is -2.06. The quantitative estimate of drug-likeness (QED) is 0.0871. The lowest BCUT2D eigenvalue weighted by molar-refractivity contribution is -0.121. The molecule has 0 bridgehead atoms. The molecule has 2 aliphatic heterocycles. The molecule has 42 heavy (non-hydrogen) atoms. The number of allylic oxidation sites excluding steroid dienone is 2. The molecule has 0 saturated carbocycles. The van der Waals surface area contributed by atoms with E-state index in [1.165, 1.54) is 0 Å². The fourth-order valence-electron chi connectivity index (χ4n) is 5.05. The number of carbonyl (C=O) groups excluding carboxylic acids is 3. The summed E-state index contributed by atoms with van der Waals surface area (Å²) in [5.74, 6) is 1.00. The molecule has 2 saturated heterocycles. The van der Waals surface area contributed by atoms with Crippen molar-refractivity contribution < 1.29 is 38.1 Å². The zero-order chi connectivity index (χ0) is 29.7. The molecule has 1 aliphatic carbocycles. The van der Waals surface area contributed by atoms with Gasteiger partial charge in [0, 0.05) is 30.5 Å². The molecule has 2 fully saturated rings. The van der Waals surface area contributed by atoms with Gasteiger partial charge in [0.15, 0.2) is 0 Å². The van der Waals surface area contributed by atoms with E-state index in [1.54, 1.807) is 0 Å². The zero-order valence-corrected chi connectivity index (χ0v) is 25.6. The average Bonchev–Trinajstić information content (AvgIpc) is 3.51. The molecule has 0 aromatic heterocycles. The highest BCUT2D eigenvalue weighted by atomic mass is 32.2. The maximum Gasteiger partial charge on any atom is 0.407 e. The van der Waals surface area contributed by atoms with Crippen molar-refractivity contribution in [3.8, 4) is 0 Å². The number of fused-ring (bicyclic) bond motifs is 1. The van der Waals surface area contributed by atoms with Crippen LogP contribution in [0.3, 0.4) is 0 Å². The number of alkyl carbamates (subject to hydrolysis) is 1. The standard InChI is InChI=1S/C29H50N4O8S/c34-26(11-7-6-10-25-27-24(22-42-25)32-28(35)33-27)30-12-14-37-16-18-39-20-21-40-19-17-38-15-13-31-29(36)41-23-8-4-2-1-3-5-9-23/h1-2,23-25,27H,3-22H2,(H,30,34)(H,31,36)(H2,32,33,35)/b2-1-/t23?,24-,25-,27-/m0/s1. The first-order chi connectivity index (χ1) is 20.6. The van der Waals surface area contributed by atoms with Crippen molar-refractivity contribution in [2.24, 2.45) is 0 Å². The molecule has 4 N–H and O–H groups in total. The van der Waals surface area contributed by atoms with Crippen molar-refractivity contribution in [3.05, 3.63) is 12.2 Å². The van der Waals surface area contributed by atoms with Gasteiger partial charge in [-0.15, -0.1) is 0 Å². The minimum absolute atomic E-state index is 0.00938. The van der Waals surface area contributed by atoms with E-state index in [9.17, 15) is 14.4 Å². The highest BCUT2D eigenvalue weighted by molar-refractivity contribution is 8.00. The van der Waals surface area contributed by atoms with Crippen molar-refractivity contribution in [1.29, 1.82) is 0 Å². The Kier molecular flexibility index (Phi) is 17.7. The number of hydrogen-bond acceptors (Lipinski definition) is 9. The molecule has 13 heteroatoms. The SMILES string of the molecule is O=C(CCCC[C@@H]1SC[C@@H]2NC(=O)N[C@@H]21)NCCOCCOCCOCCOCCNC(=O)OC1CC/C=C\CCC1. The van der Waals surface area contributed by atoms with E-state index < -0.39 is 0 Å². The molecule has 0 aromatic carbocycles. The van der Waals surface area contributed by atoms with Gasteiger partial charge >= 0.3 is 12.1 Å². The van der Waals surface area contributed by atoms with E-state index in [2.05, 4.69) is 33.4 Å². The number of carbonyl (C=O) groups is 3. The van der Waals surface area contributed by atoms with E-state index >= 15 is 0 Å². The molecule has 1 unspecified atom stereocenters. The third-order valence-corrected chi connectivity index (χ3v) is 8.78. The van der Waals surface area contributed by atoms with Crippen molar-refractivity contribution in [3.63, 3.8) is 0 Å². The van der Waals surface area contributed by atoms with Crippen LogP contribution in [0.4, 0.5) is 9.59 Å². The van der Waals surface area contributed by atoms with E-state index in [1.807, 2.05) is 11.8 Å². The van der Waals surface area contributed by atoms with Crippen LogP contribution in [0, 0.1) is 0 Å². The smallest absolute Gasteiger partial charge is 0.407 e. The Morgan fingerprint density at radius 3 is 2.24 bits per heavy atom. The lowest BCUT2D eigenvalue weighted by atomic mass is 10.0. The van der Waals surface area contributed by atoms with Gasteiger partial charge < -0.3 is 45.0 Å². The monoisotopic (exact) mass is 614 g/mol. The molecule has 3 aliphatic rings. The lowest BCUT2D eigenvalue weighted by Crippen LogP contribution is -2.36. The summed E-state index contributed by atoms with van der Waals surface area (Å²) in [6, 6.07) is 0.413. The third kappa shape index (κ3) is 14.9. The summed E-state index contributed by atoms with van der Waals surface area (Å²) in [5.41, 5.74) is 0. The highest BCUT2D eigenvalue weighted by Crippen LogP contribution is 2.33. The van der Waals surface area contributed by atoms with Crippen molar-refractivity contribution in [2.45, 2.75) is 81.2 Å². The average molecular weight is 615 g/mol. The van der Waals surface area contributed by atoms with Gasteiger partial charge in [0.2, 0.25) is 5.91 Å². The van der Waals surface area contributed by atoms with Gasteiger partial charge in [-0.3, -0.25) is 4.79 Å². The van der Waals surface area contributed by atoms with Crippen molar-refractivity contribution in [1.82, 2.24) is 21.3 Å². The van der Waals surface area contributed by atoms with Gasteiger partial charge in [0.05, 0.1) is 64.9 Å². The number of ether oxygens (including phenoxy) is 5. The molecule has 0 aromatic rings. The first-order valence-electron chi connectivity index (χ1n) is 15.5. The highest BCUT2D eigenvalue weighted by Gasteiger charge is 2.42. The Bertz CT molecular complexity index is 821. The predicted molar refractivity (Wildman–Crippen MR) is 161 cm³/mol. The van der Waals surface area contributed by atoms with Crippen molar-refractivity contribution >= 4 is 29.8 Å². The predicted octanol–water partition coefficient (Wildman–Crippen LogP) is 2.51. The molecule has 0 radical (unpaired) electrons. The summed E-state index contributed by atoms with van der Waals surface area (Å²) in [5, 5.41) is 12.0. The minimum Gasteiger partial charge on any atom is -0.446 e. The molecule has 4 amide bonds. The molecule has 2 heterocycles. The Morgan fingerprint density at radius 2 is 1.50 bits per heavy atom. The fourth-order valence-corrected chi connectivity index (χ4v) is 6.59. The largest absolute Gasteiger partial charge is 0.446 e. The van der Waals surface area contributed by atoms with Gasteiger partial charge in [-0.25, -0.2) is 9.59 Å². The number of rotatable bonds is 21. The summed E-state index contributed by atoms with van der Waals surface area (Å²) >= 11 is 1.90. The second-order valence-electron chi connectivity index (χ2n) is 10.6. The number of urea groups is 1. The van der Waals surface area contributed by atoms with E-state index in [-0.39, 0.29) is 36.2 Å². The summed E-state index contributed by atoms with van der Waals surface area (Å²) in [6.07, 6.45) is 12.1. The van der Waals surface area contributed by atoms with Crippen LogP contribution in [-0.4, -0.2) is 113 Å². The first-order valence-corrected chi connectivity index (χ1v) is 16.5. The van der Waals surface area contributed by atoms with Gasteiger partial charge in [-0.2, -0.15) is 11.8 Å². The molecular weight excluding hydrogens is 564 g/mol. The van der Waals surface area contributed by atoms with Crippen LogP contribution >= 0.6 is 11.8 Å². The van der Waals surface area contributed by atoms with Crippen molar-refractivity contribution in [2.75, 3.05) is 71.7 Å². The molecule has 0 spiro atoms. The van der Waals surface area contributed by atoms with Crippen LogP contribution in [0.1, 0.15) is 57.8 Å². The Labute approximate surface area is 254 Å². The Morgan fingerprint density at radius 1 is 0.833 bits per heavy atom. The zero-order valence-electron chi connectivity index (χ0n) is 24.8. The van der Waals surface area contributed by atoms with Crippen LogP contribution < -0.4 is 21.3 Å². The molecule has 12 nitrogen and oxygen atoms in total. The number of thioether (sulfide) groups is 1. The van der Waals surface area contributed by atoms with Crippen LogP contribution in [0.15, 0.2) is 12.2 Å². The normalized spacial score (nSPS) is 24.1. The second kappa shape index (κ2) is 21.6. The molecule has 3 rings (SSSR count). The van der Waals surface area contributed by atoms with Gasteiger partial charge in [-0.1, -0.05) is 18.6 Å². The minimum atomic E-state index is -0.380. The lowest BCUT2D eigenvalue weighted by Gasteiger charge is -2.18. The van der Waals surface area contributed by atoms with Crippen LogP contribution in [-0.2, 0) is 28.5 Å². The molecular formula is C29H50N4O8S. The fraction of sp³-hybridized carbons (Fsp3) is 0.828. The van der Waals surface area contributed by atoms with Crippen LogP contribution in [0.25, 0.3) is 0 Å². The summed E-state index contributed by atoms with van der Waals surface area (Å²) < 4.78 is 27.4. The number of unbranched alkanes of at least 4 members (excludes halogenated alkanes) is 1. The van der Waals surface area contributed by atoms with Gasteiger partial charge in [0.25, 0.3) is 0 Å². The van der Waals surface area contributed by atoms with E-state index in [0.29, 0.717) is 77.6 Å². The number of hydrogen-bond donors (Lipinski definition) is 4. The topological polar surface area (TPSA) is 145 Å². The summed E-state index contributed by atoms with van der Waals surface area (Å²) in [6.45, 7) is 4.48. The van der Waals surface area contributed by atoms with Gasteiger partial charge in [-0.05, 0) is 44.9 Å². The number of amides is 4. The maximum atomic E-state index is 12.0. The molecule has 240 valence electrons. The van der Waals surface area contributed by atoms with E-state index in [0.717, 1.165) is 57.1 Å². The maximum absolute atomic E-state index is 12.0. The summed E-state index contributed by atoms with van der Waals surface area (Å²) in [7, 11) is 0. The van der Waals surface area contributed by atoms with Crippen LogP contribution in [0.5, 0.6) is 0 Å². The van der Waals surface area contributed by atoms with E-state index in [4.69, 9.17) is 23.7 Å². The molecule has 4 atom stereocenters. The third-order valence-electron chi connectivity index (χ3n) is 7.27. The van der Waals surface area contributed by atoms with Gasteiger partial charge in [0.1, 0.15) is 6.10 Å². The van der Waals surface area contributed by atoms with Crippen LogP contribution in [0.2, 0.25) is 0 Å². The number of nitrogens with one attached hydrogen (secondary N) is 4. The first kappa shape index (κ1) is 34.4. The second-order valence-corrected chi connectivity index (χ2v) is 11.9. The Balaban J connectivity index is 0.989. The summed E-state index contributed by atoms with van der Waals surface area (Å²) in [4.78, 5) is 35.3.